The number of benzene rings is 1. The van der Waals surface area contributed by atoms with Crippen LogP contribution in [0.2, 0.25) is 0 Å². The lowest BCUT2D eigenvalue weighted by atomic mass is 10.1. The smallest absolute Gasteiger partial charge is 0.253 e. The Kier molecular flexibility index (Phi) is 3.65. The molecule has 2 aromatic rings. The number of aromatic nitrogens is 2. The van der Waals surface area contributed by atoms with Crippen LogP contribution in [0.15, 0.2) is 18.2 Å². The molecule has 1 aromatic carbocycles. The van der Waals surface area contributed by atoms with Crippen molar-refractivity contribution in [1.82, 2.24) is 15.3 Å². The second-order valence-corrected chi connectivity index (χ2v) is 4.96. The van der Waals surface area contributed by atoms with E-state index in [0.29, 0.717) is 18.0 Å². The van der Waals surface area contributed by atoms with Crippen molar-refractivity contribution in [3.8, 4) is 0 Å². The maximum atomic E-state index is 12.1. The van der Waals surface area contributed by atoms with Gasteiger partial charge in [-0.1, -0.05) is 19.9 Å². The van der Waals surface area contributed by atoms with E-state index < -0.39 is 0 Å². The molecule has 0 bridgehead atoms. The summed E-state index contributed by atoms with van der Waals surface area (Å²) in [4.78, 5) is 19.6. The molecule has 0 atom stereocenters. The number of hydrogen-bond acceptors (Lipinski definition) is 2. The predicted octanol–water partition coefficient (Wildman–Crippen LogP) is 2.65. The average molecular weight is 245 g/mol. The molecule has 2 rings (SSSR count). The fourth-order valence-electron chi connectivity index (χ4n) is 1.91. The van der Waals surface area contributed by atoms with E-state index in [1.54, 1.807) is 0 Å². The first-order chi connectivity index (χ1) is 8.58. The van der Waals surface area contributed by atoms with Gasteiger partial charge in [0.15, 0.2) is 0 Å². The Morgan fingerprint density at radius 3 is 2.94 bits per heavy atom. The normalized spacial score (nSPS) is 11.1. The quantitative estimate of drug-likeness (QED) is 0.870. The van der Waals surface area contributed by atoms with Crippen LogP contribution < -0.4 is 5.32 Å². The summed E-state index contributed by atoms with van der Waals surface area (Å²) in [6.45, 7) is 6.88. The largest absolute Gasteiger partial charge is 0.352 e. The number of nitrogens with one attached hydrogen (secondary N) is 2. The predicted molar refractivity (Wildman–Crippen MR) is 72.6 cm³/mol. The fourth-order valence-corrected chi connectivity index (χ4v) is 1.91. The van der Waals surface area contributed by atoms with Gasteiger partial charge in [-0.15, -0.1) is 0 Å². The molecule has 0 unspecified atom stereocenters. The van der Waals surface area contributed by atoms with E-state index in [1.807, 2.05) is 25.1 Å². The van der Waals surface area contributed by atoms with E-state index >= 15 is 0 Å². The van der Waals surface area contributed by atoms with Gasteiger partial charge in [0.25, 0.3) is 5.91 Å². The minimum absolute atomic E-state index is 0.0484. The van der Waals surface area contributed by atoms with E-state index in [2.05, 4.69) is 29.1 Å². The molecule has 1 aromatic heterocycles. The maximum absolute atomic E-state index is 12.1. The number of fused-ring (bicyclic) bond motifs is 1. The second-order valence-electron chi connectivity index (χ2n) is 4.96. The van der Waals surface area contributed by atoms with Gasteiger partial charge in [0.05, 0.1) is 11.1 Å². The molecule has 4 heteroatoms. The van der Waals surface area contributed by atoms with E-state index in [-0.39, 0.29) is 5.91 Å². The van der Waals surface area contributed by atoms with Crippen molar-refractivity contribution in [1.29, 1.82) is 0 Å². The topological polar surface area (TPSA) is 57.8 Å². The van der Waals surface area contributed by atoms with Crippen molar-refractivity contribution >= 4 is 16.9 Å². The standard InChI is InChI=1S/C14H19N3O/c1-9(2)7-8-15-14(18)11-5-4-6-12-13(11)17-10(3)16-12/h4-6,9H,7-8H2,1-3H3,(H,15,18)(H,16,17). The van der Waals surface area contributed by atoms with Crippen LogP contribution in [0, 0.1) is 12.8 Å². The minimum atomic E-state index is -0.0484. The third kappa shape index (κ3) is 2.70. The Labute approximate surface area is 107 Å². The van der Waals surface area contributed by atoms with Gasteiger partial charge < -0.3 is 10.3 Å². The zero-order valence-corrected chi connectivity index (χ0v) is 11.1. The highest BCUT2D eigenvalue weighted by Crippen LogP contribution is 2.16. The van der Waals surface area contributed by atoms with Crippen LogP contribution in [-0.2, 0) is 0 Å². The molecule has 0 aliphatic carbocycles. The molecule has 4 nitrogen and oxygen atoms in total. The number of rotatable bonds is 4. The number of para-hydroxylation sites is 1. The molecule has 1 heterocycles. The number of aromatic amines is 1. The van der Waals surface area contributed by atoms with Crippen molar-refractivity contribution in [2.75, 3.05) is 6.54 Å². The summed E-state index contributed by atoms with van der Waals surface area (Å²) in [6.07, 6.45) is 0.987. The van der Waals surface area contributed by atoms with Crippen molar-refractivity contribution in [2.45, 2.75) is 27.2 Å². The zero-order valence-electron chi connectivity index (χ0n) is 11.1. The highest BCUT2D eigenvalue weighted by atomic mass is 16.1. The van der Waals surface area contributed by atoms with Crippen LogP contribution >= 0.6 is 0 Å². The Hall–Kier alpha value is -1.84. The van der Waals surface area contributed by atoms with Gasteiger partial charge in [-0.25, -0.2) is 4.98 Å². The molecule has 0 aliphatic heterocycles. The van der Waals surface area contributed by atoms with Crippen LogP contribution in [0.5, 0.6) is 0 Å². The molecule has 0 aliphatic rings. The van der Waals surface area contributed by atoms with Gasteiger partial charge in [0.1, 0.15) is 11.3 Å². The first-order valence-corrected chi connectivity index (χ1v) is 6.31. The molecule has 0 spiro atoms. The van der Waals surface area contributed by atoms with Gasteiger partial charge in [0.2, 0.25) is 0 Å². The van der Waals surface area contributed by atoms with Gasteiger partial charge in [-0.2, -0.15) is 0 Å². The highest BCUT2D eigenvalue weighted by molar-refractivity contribution is 6.04. The number of hydrogen-bond donors (Lipinski definition) is 2. The Bertz CT molecular complexity index is 557. The molecule has 0 saturated heterocycles. The van der Waals surface area contributed by atoms with E-state index in [0.717, 1.165) is 23.3 Å². The number of carbonyl (C=O) groups is 1. The summed E-state index contributed by atoms with van der Waals surface area (Å²) in [5.74, 6) is 1.37. The third-order valence-corrected chi connectivity index (χ3v) is 2.88. The van der Waals surface area contributed by atoms with Gasteiger partial charge in [0, 0.05) is 6.54 Å². The maximum Gasteiger partial charge on any atom is 0.253 e. The molecule has 2 N–H and O–H groups in total. The number of aryl methyl sites for hydroxylation is 1. The average Bonchev–Trinajstić information content (AvgIpc) is 2.67. The number of imidazole rings is 1. The van der Waals surface area contributed by atoms with E-state index in [4.69, 9.17) is 0 Å². The van der Waals surface area contributed by atoms with E-state index in [1.165, 1.54) is 0 Å². The molecule has 18 heavy (non-hydrogen) atoms. The summed E-state index contributed by atoms with van der Waals surface area (Å²) in [6, 6.07) is 5.62. The van der Waals surface area contributed by atoms with Crippen LogP contribution in [0.3, 0.4) is 0 Å². The van der Waals surface area contributed by atoms with Gasteiger partial charge in [-0.05, 0) is 31.4 Å². The van der Waals surface area contributed by atoms with Crippen molar-refractivity contribution in [3.05, 3.63) is 29.6 Å². The molecule has 0 fully saturated rings. The molecule has 96 valence electrons. The number of carbonyl (C=O) groups excluding carboxylic acids is 1. The Morgan fingerprint density at radius 2 is 2.22 bits per heavy atom. The van der Waals surface area contributed by atoms with Crippen LogP contribution in [0.4, 0.5) is 0 Å². The number of nitrogens with zero attached hydrogens (tertiary/aromatic N) is 1. The van der Waals surface area contributed by atoms with Crippen LogP contribution in [0.25, 0.3) is 11.0 Å². The molecule has 1 amide bonds. The Balaban J connectivity index is 2.17. The zero-order chi connectivity index (χ0) is 13.1. The lowest BCUT2D eigenvalue weighted by Gasteiger charge is -2.07. The molecular formula is C14H19N3O. The van der Waals surface area contributed by atoms with E-state index in [9.17, 15) is 4.79 Å². The highest BCUT2D eigenvalue weighted by Gasteiger charge is 2.12. The first kappa shape index (κ1) is 12.6. The Morgan fingerprint density at radius 1 is 1.44 bits per heavy atom. The van der Waals surface area contributed by atoms with Crippen molar-refractivity contribution in [2.24, 2.45) is 5.92 Å². The summed E-state index contributed by atoms with van der Waals surface area (Å²) in [5, 5.41) is 2.94. The lowest BCUT2D eigenvalue weighted by Crippen LogP contribution is -2.25. The van der Waals surface area contributed by atoms with Crippen molar-refractivity contribution < 1.29 is 4.79 Å². The van der Waals surface area contributed by atoms with Crippen molar-refractivity contribution in [3.63, 3.8) is 0 Å². The monoisotopic (exact) mass is 245 g/mol. The minimum Gasteiger partial charge on any atom is -0.352 e. The number of amides is 1. The van der Waals surface area contributed by atoms with Gasteiger partial charge >= 0.3 is 0 Å². The summed E-state index contributed by atoms with van der Waals surface area (Å²) < 4.78 is 0. The summed E-state index contributed by atoms with van der Waals surface area (Å²) >= 11 is 0. The third-order valence-electron chi connectivity index (χ3n) is 2.88. The lowest BCUT2D eigenvalue weighted by molar-refractivity contribution is 0.0953. The van der Waals surface area contributed by atoms with Gasteiger partial charge in [-0.3, -0.25) is 4.79 Å². The summed E-state index contributed by atoms with van der Waals surface area (Å²) in [7, 11) is 0. The molecular weight excluding hydrogens is 226 g/mol. The van der Waals surface area contributed by atoms with Crippen LogP contribution in [0.1, 0.15) is 36.5 Å². The number of H-pyrrole nitrogens is 1. The second kappa shape index (κ2) is 5.21. The fraction of sp³-hybridized carbons (Fsp3) is 0.429. The molecule has 0 radical (unpaired) electrons. The van der Waals surface area contributed by atoms with Crippen LogP contribution in [-0.4, -0.2) is 22.4 Å². The molecule has 0 saturated carbocycles. The summed E-state index contributed by atoms with van der Waals surface area (Å²) in [5.41, 5.74) is 2.29. The first-order valence-electron chi connectivity index (χ1n) is 6.31. The SMILES string of the molecule is Cc1nc2c(C(=O)NCCC(C)C)cccc2[nH]1.